The first kappa shape index (κ1) is 14.7. The first-order chi connectivity index (χ1) is 10.6. The lowest BCUT2D eigenvalue weighted by molar-refractivity contribution is -0.129. The Morgan fingerprint density at radius 3 is 2.68 bits per heavy atom. The molecule has 2 amide bonds. The SMILES string of the molecule is CN1CCN(C(=O)C2=NNC(=O)CC2)C(c2ccccc2)C1. The number of hydrazone groups is 1. The van der Waals surface area contributed by atoms with Crippen molar-refractivity contribution in [1.82, 2.24) is 15.2 Å². The van der Waals surface area contributed by atoms with Crippen LogP contribution >= 0.6 is 0 Å². The van der Waals surface area contributed by atoms with Gasteiger partial charge < -0.3 is 9.80 Å². The molecule has 0 radical (unpaired) electrons. The lowest BCUT2D eigenvalue weighted by atomic mass is 10.0. The summed E-state index contributed by atoms with van der Waals surface area (Å²) in [5.41, 5.74) is 3.98. The molecule has 1 N–H and O–H groups in total. The molecule has 2 aliphatic rings. The molecule has 6 heteroatoms. The number of nitrogens with one attached hydrogen (secondary N) is 1. The van der Waals surface area contributed by atoms with Crippen molar-refractivity contribution in [3.05, 3.63) is 35.9 Å². The van der Waals surface area contributed by atoms with Crippen molar-refractivity contribution in [3.8, 4) is 0 Å². The van der Waals surface area contributed by atoms with Crippen LogP contribution in [0.4, 0.5) is 0 Å². The highest BCUT2D eigenvalue weighted by molar-refractivity contribution is 6.39. The van der Waals surface area contributed by atoms with Gasteiger partial charge in [-0.3, -0.25) is 9.59 Å². The van der Waals surface area contributed by atoms with Crippen molar-refractivity contribution >= 4 is 17.5 Å². The lowest BCUT2D eigenvalue weighted by Gasteiger charge is -2.40. The van der Waals surface area contributed by atoms with E-state index < -0.39 is 0 Å². The summed E-state index contributed by atoms with van der Waals surface area (Å²) >= 11 is 0. The van der Waals surface area contributed by atoms with Crippen LogP contribution in [0.2, 0.25) is 0 Å². The van der Waals surface area contributed by atoms with Gasteiger partial charge in [-0.15, -0.1) is 0 Å². The summed E-state index contributed by atoms with van der Waals surface area (Å²) in [4.78, 5) is 28.1. The number of rotatable bonds is 2. The predicted octanol–water partition coefficient (Wildman–Crippen LogP) is 0.768. The molecule has 1 aromatic rings. The van der Waals surface area contributed by atoms with E-state index in [-0.39, 0.29) is 17.9 Å². The fraction of sp³-hybridized carbons (Fsp3) is 0.438. The molecule has 2 heterocycles. The highest BCUT2D eigenvalue weighted by Gasteiger charge is 2.33. The molecule has 0 spiro atoms. The maximum atomic E-state index is 12.8. The fourth-order valence-electron chi connectivity index (χ4n) is 2.92. The van der Waals surface area contributed by atoms with Gasteiger partial charge in [-0.2, -0.15) is 5.10 Å². The first-order valence-electron chi connectivity index (χ1n) is 7.55. The second kappa shape index (κ2) is 6.27. The maximum absolute atomic E-state index is 12.8. The number of carbonyl (C=O) groups excluding carboxylic acids is 2. The Balaban J connectivity index is 1.83. The Labute approximate surface area is 129 Å². The minimum Gasteiger partial charge on any atom is -0.328 e. The van der Waals surface area contributed by atoms with E-state index >= 15 is 0 Å². The topological polar surface area (TPSA) is 65.0 Å². The molecule has 1 aromatic carbocycles. The van der Waals surface area contributed by atoms with Gasteiger partial charge in [0.05, 0.1) is 6.04 Å². The maximum Gasteiger partial charge on any atom is 0.270 e. The van der Waals surface area contributed by atoms with Crippen LogP contribution in [0, 0.1) is 0 Å². The first-order valence-corrected chi connectivity index (χ1v) is 7.55. The fourth-order valence-corrected chi connectivity index (χ4v) is 2.92. The Bertz CT molecular complexity index is 599. The van der Waals surface area contributed by atoms with Crippen LogP contribution < -0.4 is 5.43 Å². The zero-order valence-corrected chi connectivity index (χ0v) is 12.7. The number of carbonyl (C=O) groups is 2. The van der Waals surface area contributed by atoms with E-state index in [0.29, 0.717) is 25.1 Å². The van der Waals surface area contributed by atoms with Crippen molar-refractivity contribution in [2.24, 2.45) is 5.10 Å². The molecule has 22 heavy (non-hydrogen) atoms. The van der Waals surface area contributed by atoms with Crippen molar-refractivity contribution in [2.75, 3.05) is 26.7 Å². The Morgan fingerprint density at radius 2 is 2.00 bits per heavy atom. The largest absolute Gasteiger partial charge is 0.328 e. The number of hydrogen-bond donors (Lipinski definition) is 1. The van der Waals surface area contributed by atoms with Crippen molar-refractivity contribution in [1.29, 1.82) is 0 Å². The van der Waals surface area contributed by atoms with Crippen molar-refractivity contribution in [3.63, 3.8) is 0 Å². The minimum atomic E-state index is -0.130. The van der Waals surface area contributed by atoms with Crippen LogP contribution in [0.1, 0.15) is 24.4 Å². The third kappa shape index (κ3) is 3.01. The molecule has 0 aromatic heterocycles. The smallest absolute Gasteiger partial charge is 0.270 e. The van der Waals surface area contributed by atoms with E-state index in [0.717, 1.165) is 18.7 Å². The molecule has 6 nitrogen and oxygen atoms in total. The predicted molar refractivity (Wildman–Crippen MR) is 83.2 cm³/mol. The van der Waals surface area contributed by atoms with Crippen LogP contribution in [0.15, 0.2) is 35.4 Å². The summed E-state index contributed by atoms with van der Waals surface area (Å²) in [5, 5.41) is 3.95. The number of likely N-dealkylation sites (N-methyl/N-ethyl adjacent to an activating group) is 1. The van der Waals surface area contributed by atoms with Crippen molar-refractivity contribution < 1.29 is 9.59 Å². The van der Waals surface area contributed by atoms with Gasteiger partial charge in [0.1, 0.15) is 5.71 Å². The monoisotopic (exact) mass is 300 g/mol. The highest BCUT2D eigenvalue weighted by atomic mass is 16.2. The third-order valence-corrected chi connectivity index (χ3v) is 4.18. The molecular formula is C16H20N4O2. The molecule has 2 aliphatic heterocycles. The average Bonchev–Trinajstić information content (AvgIpc) is 2.56. The zero-order valence-electron chi connectivity index (χ0n) is 12.7. The van der Waals surface area contributed by atoms with Crippen LogP contribution in [-0.2, 0) is 9.59 Å². The normalized spacial score (nSPS) is 23.0. The van der Waals surface area contributed by atoms with E-state index in [1.807, 2.05) is 23.1 Å². The van der Waals surface area contributed by atoms with Crippen LogP contribution in [-0.4, -0.2) is 54.0 Å². The van der Waals surface area contributed by atoms with Crippen LogP contribution in [0.3, 0.4) is 0 Å². The highest BCUT2D eigenvalue weighted by Crippen LogP contribution is 2.25. The van der Waals surface area contributed by atoms with E-state index in [2.05, 4.69) is 34.6 Å². The second-order valence-electron chi connectivity index (χ2n) is 5.78. The third-order valence-electron chi connectivity index (χ3n) is 4.18. The quantitative estimate of drug-likeness (QED) is 0.877. The number of benzene rings is 1. The lowest BCUT2D eigenvalue weighted by Crippen LogP contribution is -2.51. The van der Waals surface area contributed by atoms with Gasteiger partial charge >= 0.3 is 0 Å². The molecule has 0 saturated carbocycles. The average molecular weight is 300 g/mol. The zero-order chi connectivity index (χ0) is 15.5. The molecule has 0 bridgehead atoms. The standard InChI is InChI=1S/C16H20N4O2/c1-19-9-10-20(14(11-19)12-5-3-2-4-6-12)16(22)13-7-8-15(21)18-17-13/h2-6,14H,7-11H2,1H3,(H,18,21). The van der Waals surface area contributed by atoms with Gasteiger partial charge in [-0.05, 0) is 12.6 Å². The number of nitrogens with zero attached hydrogens (tertiary/aromatic N) is 3. The molecule has 1 atom stereocenters. The molecule has 0 aliphatic carbocycles. The number of piperazine rings is 1. The molecular weight excluding hydrogens is 280 g/mol. The van der Waals surface area contributed by atoms with Gasteiger partial charge in [0.2, 0.25) is 5.91 Å². The van der Waals surface area contributed by atoms with Gasteiger partial charge in [-0.25, -0.2) is 5.43 Å². The summed E-state index contributed by atoms with van der Waals surface area (Å²) in [6, 6.07) is 10.1. The van der Waals surface area contributed by atoms with E-state index in [9.17, 15) is 9.59 Å². The summed E-state index contributed by atoms with van der Waals surface area (Å²) < 4.78 is 0. The molecule has 1 saturated heterocycles. The van der Waals surface area contributed by atoms with Crippen LogP contribution in [0.25, 0.3) is 0 Å². The van der Waals surface area contributed by atoms with Crippen molar-refractivity contribution in [2.45, 2.75) is 18.9 Å². The van der Waals surface area contributed by atoms with Crippen LogP contribution in [0.5, 0.6) is 0 Å². The molecule has 3 rings (SSSR count). The number of hydrogen-bond acceptors (Lipinski definition) is 4. The van der Waals surface area contributed by atoms with Gasteiger partial charge in [0, 0.05) is 32.5 Å². The summed E-state index contributed by atoms with van der Waals surface area (Å²) in [6.45, 7) is 2.31. The Morgan fingerprint density at radius 1 is 1.23 bits per heavy atom. The van der Waals surface area contributed by atoms with E-state index in [4.69, 9.17) is 0 Å². The minimum absolute atomic E-state index is 0.0211. The Kier molecular flexibility index (Phi) is 4.20. The summed E-state index contributed by atoms with van der Waals surface area (Å²) in [5.74, 6) is -0.198. The molecule has 1 fully saturated rings. The molecule has 116 valence electrons. The van der Waals surface area contributed by atoms with Gasteiger partial charge in [0.25, 0.3) is 5.91 Å². The van der Waals surface area contributed by atoms with Gasteiger partial charge in [-0.1, -0.05) is 30.3 Å². The van der Waals surface area contributed by atoms with E-state index in [1.54, 1.807) is 0 Å². The number of amides is 2. The van der Waals surface area contributed by atoms with Gasteiger partial charge in [0.15, 0.2) is 0 Å². The Hall–Kier alpha value is -2.21. The summed E-state index contributed by atoms with van der Waals surface area (Å²) in [7, 11) is 2.07. The molecule has 1 unspecified atom stereocenters. The second-order valence-corrected chi connectivity index (χ2v) is 5.78. The van der Waals surface area contributed by atoms with E-state index in [1.165, 1.54) is 0 Å². The summed E-state index contributed by atoms with van der Waals surface area (Å²) in [6.07, 6.45) is 0.743.